The summed E-state index contributed by atoms with van der Waals surface area (Å²) >= 11 is 1.32. The number of rotatable bonds is 7. The summed E-state index contributed by atoms with van der Waals surface area (Å²) in [5, 5.41) is 0. The molecule has 0 amide bonds. The Morgan fingerprint density at radius 3 is 2.37 bits per heavy atom. The fourth-order valence-electron chi connectivity index (χ4n) is 5.45. The van der Waals surface area contributed by atoms with Crippen LogP contribution >= 0.6 is 11.3 Å². The fraction of sp³-hybridized carbons (Fsp3) is 0.242. The van der Waals surface area contributed by atoms with Gasteiger partial charge in [0.05, 0.1) is 35.6 Å². The Labute approximate surface area is 242 Å². The average molecular weight is 566 g/mol. The van der Waals surface area contributed by atoms with Gasteiger partial charge in [0.2, 0.25) is 0 Å². The van der Waals surface area contributed by atoms with Crippen molar-refractivity contribution in [1.29, 1.82) is 0 Å². The zero-order chi connectivity index (χ0) is 28.3. The van der Waals surface area contributed by atoms with Crippen molar-refractivity contribution in [3.8, 4) is 5.75 Å². The molecule has 1 atom stereocenters. The van der Waals surface area contributed by atoms with Gasteiger partial charge in [-0.3, -0.25) is 9.36 Å². The number of ether oxygens (including phenoxy) is 2. The average Bonchev–Trinajstić information content (AvgIpc) is 3.66. The van der Waals surface area contributed by atoms with E-state index in [0.29, 0.717) is 26.4 Å². The molecule has 0 bridgehead atoms. The van der Waals surface area contributed by atoms with Crippen LogP contribution in [0.15, 0.2) is 94.2 Å². The van der Waals surface area contributed by atoms with Gasteiger partial charge in [0.1, 0.15) is 5.75 Å². The van der Waals surface area contributed by atoms with Gasteiger partial charge in [-0.05, 0) is 61.2 Å². The van der Waals surface area contributed by atoms with E-state index >= 15 is 0 Å². The van der Waals surface area contributed by atoms with Gasteiger partial charge in [-0.15, -0.1) is 0 Å². The van der Waals surface area contributed by atoms with Crippen molar-refractivity contribution in [3.05, 3.63) is 121 Å². The first-order chi connectivity index (χ1) is 20.1. The summed E-state index contributed by atoms with van der Waals surface area (Å²) in [5.41, 5.74) is 4.32. The predicted molar refractivity (Wildman–Crippen MR) is 162 cm³/mol. The van der Waals surface area contributed by atoms with E-state index in [1.54, 1.807) is 18.6 Å². The SMILES string of the molecule is CCOC(=O)C1=C(c2ccccc2)N=c2s/c(=C/c3ccc(N4CCCC4)cc3)c(=O)n2[C@@H]1c1ccc(OC)cc1. The molecule has 0 N–H and O–H groups in total. The van der Waals surface area contributed by atoms with Crippen LogP contribution in [0.4, 0.5) is 5.69 Å². The number of nitrogens with zero attached hydrogens (tertiary/aromatic N) is 3. The molecule has 8 heteroatoms. The highest BCUT2D eigenvalue weighted by Gasteiger charge is 2.35. The number of carbonyl (C=O) groups is 1. The van der Waals surface area contributed by atoms with Gasteiger partial charge in [0.25, 0.3) is 5.56 Å². The van der Waals surface area contributed by atoms with E-state index < -0.39 is 12.0 Å². The van der Waals surface area contributed by atoms with Crippen molar-refractivity contribution < 1.29 is 14.3 Å². The Hall–Kier alpha value is -4.43. The number of benzene rings is 3. The van der Waals surface area contributed by atoms with Gasteiger partial charge >= 0.3 is 5.97 Å². The topological polar surface area (TPSA) is 73.1 Å². The molecule has 4 aromatic rings. The number of esters is 1. The standard InChI is InChI=1S/C33H31N3O4S/c1-3-40-32(38)28-29(23-9-5-4-6-10-23)34-33-36(30(28)24-13-17-26(39-2)18-14-24)31(37)27(41-33)21-22-11-15-25(16-12-22)35-19-7-8-20-35/h4-6,9-18,21,30H,3,7-8,19-20H2,1-2H3/b27-21+/t30-/m1/s1. The molecule has 3 heterocycles. The molecule has 0 spiro atoms. The molecule has 1 aromatic heterocycles. The largest absolute Gasteiger partial charge is 0.497 e. The van der Waals surface area contributed by atoms with E-state index in [-0.39, 0.29) is 12.2 Å². The highest BCUT2D eigenvalue weighted by Crippen LogP contribution is 2.35. The van der Waals surface area contributed by atoms with E-state index in [9.17, 15) is 9.59 Å². The molecule has 0 saturated carbocycles. The van der Waals surface area contributed by atoms with E-state index in [1.165, 1.54) is 29.9 Å². The third-order valence-electron chi connectivity index (χ3n) is 7.47. The lowest BCUT2D eigenvalue weighted by atomic mass is 9.93. The van der Waals surface area contributed by atoms with E-state index in [4.69, 9.17) is 14.5 Å². The lowest BCUT2D eigenvalue weighted by Crippen LogP contribution is -2.40. The van der Waals surface area contributed by atoms with Crippen LogP contribution in [-0.4, -0.2) is 37.3 Å². The lowest BCUT2D eigenvalue weighted by Gasteiger charge is -2.26. The third kappa shape index (κ3) is 5.23. The number of hydrogen-bond acceptors (Lipinski definition) is 7. The summed E-state index contributed by atoms with van der Waals surface area (Å²) in [6.45, 7) is 4.14. The highest BCUT2D eigenvalue weighted by atomic mass is 32.1. The second kappa shape index (κ2) is 11.6. The summed E-state index contributed by atoms with van der Waals surface area (Å²) in [5.74, 6) is 0.186. The van der Waals surface area contributed by atoms with E-state index in [2.05, 4.69) is 17.0 Å². The minimum Gasteiger partial charge on any atom is -0.497 e. The Kier molecular flexibility index (Phi) is 7.57. The second-order valence-corrected chi connectivity index (χ2v) is 11.0. The van der Waals surface area contributed by atoms with Crippen molar-refractivity contribution in [2.45, 2.75) is 25.8 Å². The number of methoxy groups -OCH3 is 1. The van der Waals surface area contributed by atoms with Crippen LogP contribution in [0.5, 0.6) is 5.75 Å². The molecular formula is C33H31N3O4S. The molecule has 41 heavy (non-hydrogen) atoms. The molecule has 208 valence electrons. The maximum absolute atomic E-state index is 14.0. The number of carbonyl (C=O) groups excluding carboxylic acids is 1. The molecule has 2 aliphatic rings. The molecule has 2 aliphatic heterocycles. The highest BCUT2D eigenvalue weighted by molar-refractivity contribution is 7.07. The molecule has 6 rings (SSSR count). The first-order valence-corrected chi connectivity index (χ1v) is 14.7. The van der Waals surface area contributed by atoms with Crippen molar-refractivity contribution in [2.75, 3.05) is 31.7 Å². The normalized spacial score (nSPS) is 16.9. The minimum atomic E-state index is -0.717. The molecule has 0 radical (unpaired) electrons. The molecule has 0 aliphatic carbocycles. The van der Waals surface area contributed by atoms with Gasteiger partial charge in [0.15, 0.2) is 4.80 Å². The van der Waals surface area contributed by atoms with Crippen molar-refractivity contribution in [1.82, 2.24) is 4.57 Å². The number of aromatic nitrogens is 1. The predicted octanol–water partition coefficient (Wildman–Crippen LogP) is 4.54. The van der Waals surface area contributed by atoms with E-state index in [0.717, 1.165) is 29.8 Å². The van der Waals surface area contributed by atoms with Gasteiger partial charge < -0.3 is 14.4 Å². The Morgan fingerprint density at radius 2 is 1.71 bits per heavy atom. The number of anilines is 1. The van der Waals surface area contributed by atoms with Crippen LogP contribution in [0.2, 0.25) is 0 Å². The summed E-state index contributed by atoms with van der Waals surface area (Å²) in [4.78, 5) is 35.4. The van der Waals surface area contributed by atoms with Crippen LogP contribution < -0.4 is 24.5 Å². The zero-order valence-corrected chi connectivity index (χ0v) is 23.9. The Morgan fingerprint density at radius 1 is 1.00 bits per heavy atom. The Bertz CT molecular complexity index is 1770. The number of fused-ring (bicyclic) bond motifs is 1. The molecule has 1 saturated heterocycles. The summed E-state index contributed by atoms with van der Waals surface area (Å²) in [7, 11) is 1.60. The van der Waals surface area contributed by atoms with Gasteiger partial charge in [-0.2, -0.15) is 0 Å². The summed E-state index contributed by atoms with van der Waals surface area (Å²) in [6.07, 6.45) is 4.34. The maximum atomic E-state index is 14.0. The van der Waals surface area contributed by atoms with Crippen molar-refractivity contribution in [3.63, 3.8) is 0 Å². The van der Waals surface area contributed by atoms with Crippen LogP contribution in [0.3, 0.4) is 0 Å². The molecular weight excluding hydrogens is 534 g/mol. The zero-order valence-electron chi connectivity index (χ0n) is 23.1. The lowest BCUT2D eigenvalue weighted by molar-refractivity contribution is -0.138. The van der Waals surface area contributed by atoms with Gasteiger partial charge in [-0.25, -0.2) is 9.79 Å². The van der Waals surface area contributed by atoms with Crippen LogP contribution in [0, 0.1) is 0 Å². The molecule has 0 unspecified atom stereocenters. The van der Waals surface area contributed by atoms with Gasteiger partial charge in [0, 0.05) is 24.3 Å². The summed E-state index contributed by atoms with van der Waals surface area (Å²) in [6, 6.07) is 24.6. The fourth-order valence-corrected chi connectivity index (χ4v) is 6.45. The molecule has 3 aromatic carbocycles. The summed E-state index contributed by atoms with van der Waals surface area (Å²) < 4.78 is 13.1. The first-order valence-electron chi connectivity index (χ1n) is 13.8. The van der Waals surface area contributed by atoms with Crippen molar-refractivity contribution >= 4 is 34.8 Å². The Balaban J connectivity index is 1.54. The van der Waals surface area contributed by atoms with Crippen molar-refractivity contribution in [2.24, 2.45) is 4.99 Å². The number of hydrogen-bond donors (Lipinski definition) is 0. The van der Waals surface area contributed by atoms with Crippen LogP contribution in [0.25, 0.3) is 11.8 Å². The smallest absolute Gasteiger partial charge is 0.338 e. The van der Waals surface area contributed by atoms with E-state index in [1.807, 2.05) is 72.8 Å². The maximum Gasteiger partial charge on any atom is 0.338 e. The number of thiazole rings is 1. The molecule has 1 fully saturated rings. The van der Waals surface area contributed by atoms with Crippen LogP contribution in [-0.2, 0) is 9.53 Å². The quantitative estimate of drug-likeness (QED) is 0.308. The second-order valence-electron chi connectivity index (χ2n) is 9.99. The minimum absolute atomic E-state index is 0.202. The first kappa shape index (κ1) is 26.8. The third-order valence-corrected chi connectivity index (χ3v) is 8.45. The van der Waals surface area contributed by atoms with Crippen LogP contribution in [0.1, 0.15) is 42.5 Å². The van der Waals surface area contributed by atoms with Gasteiger partial charge in [-0.1, -0.05) is 65.9 Å². The molecule has 7 nitrogen and oxygen atoms in total. The monoisotopic (exact) mass is 565 g/mol.